The van der Waals surface area contributed by atoms with Crippen LogP contribution in [-0.4, -0.2) is 35.7 Å². The number of benzene rings is 2. The molecule has 33 heavy (non-hydrogen) atoms. The van der Waals surface area contributed by atoms with Gasteiger partial charge in [-0.3, -0.25) is 14.4 Å². The second-order valence-corrected chi connectivity index (χ2v) is 9.22. The standard InChI is InChI=1S/C26H28ClN3O3/c1-16-12-13-17(2)21(14-16)30-25(32)22(27)23(26(30)33)28-19-9-7-8-18(15-19)24(31)29(3)20-10-5-4-6-11-20/h7-9,12-15,20,28H,4-6,10-11H2,1-3H3. The minimum Gasteiger partial charge on any atom is -0.350 e. The van der Waals surface area contributed by atoms with Crippen molar-refractivity contribution < 1.29 is 14.4 Å². The van der Waals surface area contributed by atoms with Gasteiger partial charge in [-0.05, 0) is 62.1 Å². The van der Waals surface area contributed by atoms with Crippen LogP contribution in [0.1, 0.15) is 53.6 Å². The third-order valence-electron chi connectivity index (χ3n) is 6.45. The first-order valence-corrected chi connectivity index (χ1v) is 11.7. The summed E-state index contributed by atoms with van der Waals surface area (Å²) in [4.78, 5) is 42.0. The van der Waals surface area contributed by atoms with E-state index in [-0.39, 0.29) is 22.7 Å². The monoisotopic (exact) mass is 465 g/mol. The molecule has 0 spiro atoms. The average Bonchev–Trinajstić information content (AvgIpc) is 3.03. The van der Waals surface area contributed by atoms with Crippen LogP contribution in [-0.2, 0) is 9.59 Å². The number of halogens is 1. The van der Waals surface area contributed by atoms with Crippen molar-refractivity contribution in [1.82, 2.24) is 4.90 Å². The van der Waals surface area contributed by atoms with Gasteiger partial charge in [0.1, 0.15) is 10.7 Å². The molecular weight excluding hydrogens is 438 g/mol. The molecule has 7 heteroatoms. The molecule has 172 valence electrons. The number of anilines is 2. The van der Waals surface area contributed by atoms with Gasteiger partial charge in [0.2, 0.25) is 0 Å². The Morgan fingerprint density at radius 3 is 2.48 bits per heavy atom. The van der Waals surface area contributed by atoms with Gasteiger partial charge in [-0.2, -0.15) is 0 Å². The molecule has 3 amide bonds. The maximum atomic E-state index is 13.2. The minimum absolute atomic E-state index is 0.00723. The zero-order valence-electron chi connectivity index (χ0n) is 19.2. The fraction of sp³-hybridized carbons (Fsp3) is 0.346. The molecule has 1 N–H and O–H groups in total. The van der Waals surface area contributed by atoms with Crippen molar-refractivity contribution >= 4 is 40.7 Å². The van der Waals surface area contributed by atoms with Crippen molar-refractivity contribution in [2.24, 2.45) is 0 Å². The summed E-state index contributed by atoms with van der Waals surface area (Å²) in [5.41, 5.74) is 3.29. The Labute approximate surface area is 199 Å². The summed E-state index contributed by atoms with van der Waals surface area (Å²) < 4.78 is 0. The number of nitrogens with one attached hydrogen (secondary N) is 1. The molecule has 4 rings (SSSR count). The molecule has 6 nitrogen and oxygen atoms in total. The van der Waals surface area contributed by atoms with E-state index in [0.29, 0.717) is 16.9 Å². The zero-order valence-corrected chi connectivity index (χ0v) is 19.9. The van der Waals surface area contributed by atoms with Crippen LogP contribution in [0.15, 0.2) is 53.2 Å². The van der Waals surface area contributed by atoms with Gasteiger partial charge < -0.3 is 10.2 Å². The molecule has 2 aliphatic rings. The first-order chi connectivity index (χ1) is 15.8. The van der Waals surface area contributed by atoms with Crippen molar-refractivity contribution in [2.75, 3.05) is 17.3 Å². The Morgan fingerprint density at radius 2 is 1.76 bits per heavy atom. The largest absolute Gasteiger partial charge is 0.350 e. The van der Waals surface area contributed by atoms with Crippen LogP contribution < -0.4 is 10.2 Å². The van der Waals surface area contributed by atoms with Crippen molar-refractivity contribution in [2.45, 2.75) is 52.0 Å². The molecule has 1 aliphatic heterocycles. The van der Waals surface area contributed by atoms with Crippen LogP contribution in [0.2, 0.25) is 0 Å². The molecule has 0 bridgehead atoms. The zero-order chi connectivity index (χ0) is 23.7. The van der Waals surface area contributed by atoms with Crippen LogP contribution in [0.25, 0.3) is 0 Å². The second-order valence-electron chi connectivity index (χ2n) is 8.84. The van der Waals surface area contributed by atoms with Crippen molar-refractivity contribution in [1.29, 1.82) is 0 Å². The lowest BCUT2D eigenvalue weighted by atomic mass is 9.94. The number of hydrogen-bond acceptors (Lipinski definition) is 4. The van der Waals surface area contributed by atoms with Crippen molar-refractivity contribution in [3.8, 4) is 0 Å². The molecule has 0 unspecified atom stereocenters. The first-order valence-electron chi connectivity index (χ1n) is 11.3. The number of hydrogen-bond donors (Lipinski definition) is 1. The number of carbonyl (C=O) groups is 3. The van der Waals surface area contributed by atoms with Gasteiger partial charge in [0.05, 0.1) is 5.69 Å². The summed E-state index contributed by atoms with van der Waals surface area (Å²) >= 11 is 6.29. The van der Waals surface area contributed by atoms with Gasteiger partial charge in [0.15, 0.2) is 0 Å². The lowest BCUT2D eigenvalue weighted by Gasteiger charge is -2.31. The van der Waals surface area contributed by atoms with Gasteiger partial charge in [-0.25, -0.2) is 4.90 Å². The molecule has 1 fully saturated rings. The molecule has 2 aromatic carbocycles. The summed E-state index contributed by atoms with van der Waals surface area (Å²) in [5, 5.41) is 2.81. The second kappa shape index (κ2) is 9.40. The number of aryl methyl sites for hydroxylation is 2. The SMILES string of the molecule is Cc1ccc(C)c(N2C(=O)C(Cl)=C(Nc3cccc(C(=O)N(C)C4CCCCC4)c3)C2=O)c1. The molecule has 1 saturated carbocycles. The molecule has 0 saturated heterocycles. The summed E-state index contributed by atoms with van der Waals surface area (Å²) in [5.74, 6) is -1.15. The van der Waals surface area contributed by atoms with Crippen LogP contribution in [0.3, 0.4) is 0 Å². The number of carbonyl (C=O) groups excluding carboxylic acids is 3. The summed E-state index contributed by atoms with van der Waals surface area (Å²) in [6.07, 6.45) is 5.55. The number of nitrogens with zero attached hydrogens (tertiary/aromatic N) is 2. The molecule has 0 atom stereocenters. The average molecular weight is 466 g/mol. The summed E-state index contributed by atoms with van der Waals surface area (Å²) in [6.45, 7) is 3.74. The van der Waals surface area contributed by atoms with Gasteiger partial charge in [-0.15, -0.1) is 0 Å². The number of rotatable bonds is 5. The topological polar surface area (TPSA) is 69.7 Å². The van der Waals surface area contributed by atoms with E-state index >= 15 is 0 Å². The fourth-order valence-corrected chi connectivity index (χ4v) is 4.72. The molecule has 0 aromatic heterocycles. The first kappa shape index (κ1) is 23.1. The highest BCUT2D eigenvalue weighted by Crippen LogP contribution is 2.33. The number of amides is 3. The summed E-state index contributed by atoms with van der Waals surface area (Å²) in [6, 6.07) is 12.8. The van der Waals surface area contributed by atoms with E-state index in [2.05, 4.69) is 5.32 Å². The van der Waals surface area contributed by atoms with Crippen LogP contribution in [0.4, 0.5) is 11.4 Å². The van der Waals surface area contributed by atoms with Gasteiger partial charge in [0, 0.05) is 24.3 Å². The molecule has 1 aliphatic carbocycles. The van der Waals surface area contributed by atoms with E-state index in [9.17, 15) is 14.4 Å². The van der Waals surface area contributed by atoms with Crippen molar-refractivity contribution in [3.63, 3.8) is 0 Å². The predicted octanol–water partition coefficient (Wildman–Crippen LogP) is 5.14. The van der Waals surface area contributed by atoms with Crippen LogP contribution in [0.5, 0.6) is 0 Å². The fourth-order valence-electron chi connectivity index (χ4n) is 4.50. The van der Waals surface area contributed by atoms with E-state index in [0.717, 1.165) is 41.7 Å². The van der Waals surface area contributed by atoms with E-state index in [4.69, 9.17) is 11.6 Å². The van der Waals surface area contributed by atoms with E-state index in [1.54, 1.807) is 30.3 Å². The van der Waals surface area contributed by atoms with E-state index < -0.39 is 11.8 Å². The Bertz CT molecular complexity index is 1150. The minimum atomic E-state index is -0.567. The van der Waals surface area contributed by atoms with Gasteiger partial charge in [0.25, 0.3) is 17.7 Å². The Balaban J connectivity index is 1.55. The normalized spacial score (nSPS) is 17.0. The maximum Gasteiger partial charge on any atom is 0.283 e. The lowest BCUT2D eigenvalue weighted by molar-refractivity contribution is -0.120. The Hall–Kier alpha value is -3.12. The highest BCUT2D eigenvalue weighted by atomic mass is 35.5. The van der Waals surface area contributed by atoms with Crippen LogP contribution in [0, 0.1) is 13.8 Å². The highest BCUT2D eigenvalue weighted by molar-refractivity contribution is 6.53. The predicted molar refractivity (Wildman–Crippen MR) is 130 cm³/mol. The Kier molecular flexibility index (Phi) is 6.56. The Morgan fingerprint density at radius 1 is 1.03 bits per heavy atom. The third-order valence-corrected chi connectivity index (χ3v) is 6.81. The molecule has 1 heterocycles. The van der Waals surface area contributed by atoms with E-state index in [1.165, 1.54) is 6.42 Å². The van der Waals surface area contributed by atoms with Crippen LogP contribution >= 0.6 is 11.6 Å². The maximum absolute atomic E-state index is 13.2. The quantitative estimate of drug-likeness (QED) is 0.620. The van der Waals surface area contributed by atoms with Gasteiger partial charge >= 0.3 is 0 Å². The van der Waals surface area contributed by atoms with Gasteiger partial charge in [-0.1, -0.05) is 49.1 Å². The smallest absolute Gasteiger partial charge is 0.283 e. The molecule has 0 radical (unpaired) electrons. The molecular formula is C26H28ClN3O3. The highest BCUT2D eigenvalue weighted by Gasteiger charge is 2.39. The molecule has 2 aromatic rings. The lowest BCUT2D eigenvalue weighted by Crippen LogP contribution is -2.38. The third kappa shape index (κ3) is 4.53. The van der Waals surface area contributed by atoms with Crippen molar-refractivity contribution in [3.05, 3.63) is 69.9 Å². The number of imide groups is 1. The van der Waals surface area contributed by atoms with E-state index in [1.807, 2.05) is 37.9 Å². The summed E-state index contributed by atoms with van der Waals surface area (Å²) in [7, 11) is 1.85.